The van der Waals surface area contributed by atoms with Crippen LogP contribution in [0.1, 0.15) is 15.2 Å². The molecule has 100 valence electrons. The van der Waals surface area contributed by atoms with Crippen molar-refractivity contribution in [3.8, 4) is 17.6 Å². The maximum atomic E-state index is 11.9. The lowest BCUT2D eigenvalue weighted by Gasteiger charge is -2.09. The molecule has 0 saturated carbocycles. The molecule has 0 unspecified atom stereocenters. The number of nitrogens with zero attached hydrogens (tertiary/aromatic N) is 1. The van der Waals surface area contributed by atoms with E-state index in [9.17, 15) is 4.79 Å². The first-order valence-corrected chi connectivity index (χ1v) is 6.62. The molecule has 0 aliphatic carbocycles. The number of benzene rings is 1. The van der Waals surface area contributed by atoms with E-state index < -0.39 is 5.97 Å². The summed E-state index contributed by atoms with van der Waals surface area (Å²) in [4.78, 5) is 12.4. The molecule has 2 rings (SSSR count). The molecule has 1 aromatic heterocycles. The van der Waals surface area contributed by atoms with Crippen molar-refractivity contribution in [1.82, 2.24) is 0 Å². The van der Waals surface area contributed by atoms with E-state index in [1.54, 1.807) is 36.4 Å². The van der Waals surface area contributed by atoms with E-state index in [0.29, 0.717) is 16.4 Å². The predicted molar refractivity (Wildman–Crippen MR) is 76.9 cm³/mol. The Hall–Kier alpha value is -2.58. The molecule has 1 heterocycles. The molecule has 0 radical (unpaired) electrons. The highest BCUT2D eigenvalue weighted by Crippen LogP contribution is 2.29. The standard InChI is InChI=1S/C15H11NO3S/c1-18-13-10-11(4-2-8-16)6-7-12(13)19-15(17)14-5-3-9-20-14/h2-7,9-10H,1H3/b4-2-. The van der Waals surface area contributed by atoms with Crippen LogP contribution in [0, 0.1) is 11.3 Å². The summed E-state index contributed by atoms with van der Waals surface area (Å²) in [5, 5.41) is 10.3. The zero-order valence-corrected chi connectivity index (χ0v) is 11.5. The number of rotatable bonds is 4. The van der Waals surface area contributed by atoms with Crippen molar-refractivity contribution >= 4 is 23.4 Å². The van der Waals surface area contributed by atoms with Gasteiger partial charge in [0.1, 0.15) is 4.88 Å². The Morgan fingerprint density at radius 1 is 1.35 bits per heavy atom. The minimum Gasteiger partial charge on any atom is -0.493 e. The molecule has 0 aliphatic rings. The van der Waals surface area contributed by atoms with E-state index in [4.69, 9.17) is 14.7 Å². The van der Waals surface area contributed by atoms with E-state index in [-0.39, 0.29) is 0 Å². The van der Waals surface area contributed by atoms with Gasteiger partial charge in [-0.25, -0.2) is 4.79 Å². The van der Waals surface area contributed by atoms with Crippen LogP contribution in [-0.4, -0.2) is 13.1 Å². The summed E-state index contributed by atoms with van der Waals surface area (Å²) in [7, 11) is 1.50. The molecule has 0 fully saturated rings. The molecule has 20 heavy (non-hydrogen) atoms. The fourth-order valence-corrected chi connectivity index (χ4v) is 2.15. The largest absolute Gasteiger partial charge is 0.493 e. The highest BCUT2D eigenvalue weighted by molar-refractivity contribution is 7.12. The highest BCUT2D eigenvalue weighted by Gasteiger charge is 2.13. The van der Waals surface area contributed by atoms with Crippen LogP contribution in [0.4, 0.5) is 0 Å². The normalized spacial score (nSPS) is 10.2. The Morgan fingerprint density at radius 2 is 2.20 bits per heavy atom. The number of nitriles is 1. The maximum absolute atomic E-state index is 11.9. The zero-order valence-electron chi connectivity index (χ0n) is 10.7. The smallest absolute Gasteiger partial charge is 0.353 e. The van der Waals surface area contributed by atoms with Crippen LogP contribution in [0.15, 0.2) is 41.8 Å². The lowest BCUT2D eigenvalue weighted by atomic mass is 10.2. The Balaban J connectivity index is 2.22. The fraction of sp³-hybridized carbons (Fsp3) is 0.0667. The fourth-order valence-electron chi connectivity index (χ4n) is 1.55. The van der Waals surface area contributed by atoms with Gasteiger partial charge in [0.25, 0.3) is 0 Å². The van der Waals surface area contributed by atoms with Crippen molar-refractivity contribution in [2.75, 3.05) is 7.11 Å². The number of ether oxygens (including phenoxy) is 2. The molecule has 0 N–H and O–H groups in total. The van der Waals surface area contributed by atoms with Gasteiger partial charge in [0.2, 0.25) is 0 Å². The van der Waals surface area contributed by atoms with Crippen molar-refractivity contribution in [2.45, 2.75) is 0 Å². The van der Waals surface area contributed by atoms with E-state index in [1.807, 2.05) is 11.4 Å². The molecular weight excluding hydrogens is 274 g/mol. The van der Waals surface area contributed by atoms with Crippen molar-refractivity contribution in [3.63, 3.8) is 0 Å². The van der Waals surface area contributed by atoms with Gasteiger partial charge >= 0.3 is 5.97 Å². The lowest BCUT2D eigenvalue weighted by molar-refractivity contribution is 0.0735. The van der Waals surface area contributed by atoms with Crippen LogP contribution < -0.4 is 9.47 Å². The third-order valence-electron chi connectivity index (χ3n) is 2.46. The topological polar surface area (TPSA) is 59.3 Å². The average molecular weight is 285 g/mol. The molecular formula is C15H11NO3S. The molecule has 2 aromatic rings. The van der Waals surface area contributed by atoms with Crippen LogP contribution >= 0.6 is 11.3 Å². The minimum absolute atomic E-state index is 0.347. The van der Waals surface area contributed by atoms with E-state index in [2.05, 4.69) is 0 Å². The first-order chi connectivity index (χ1) is 9.74. The molecule has 0 spiro atoms. The molecule has 0 bridgehead atoms. The van der Waals surface area contributed by atoms with Gasteiger partial charge in [0.15, 0.2) is 11.5 Å². The predicted octanol–water partition coefficient (Wildman–Crippen LogP) is 3.51. The monoisotopic (exact) mass is 285 g/mol. The summed E-state index contributed by atoms with van der Waals surface area (Å²) < 4.78 is 10.5. The third-order valence-corrected chi connectivity index (χ3v) is 3.31. The van der Waals surface area contributed by atoms with Gasteiger partial charge in [-0.2, -0.15) is 5.26 Å². The second-order valence-corrected chi connectivity index (χ2v) is 4.69. The summed E-state index contributed by atoms with van der Waals surface area (Å²) in [6.45, 7) is 0. The Bertz CT molecular complexity index is 669. The van der Waals surface area contributed by atoms with E-state index in [1.165, 1.54) is 24.5 Å². The molecule has 0 amide bonds. The number of carbonyl (C=O) groups is 1. The second kappa shape index (κ2) is 6.55. The molecule has 0 saturated heterocycles. The number of thiophene rings is 1. The number of hydrogen-bond acceptors (Lipinski definition) is 5. The van der Waals surface area contributed by atoms with Crippen molar-refractivity contribution < 1.29 is 14.3 Å². The molecule has 0 atom stereocenters. The molecule has 0 aliphatic heterocycles. The Kier molecular flexibility index (Phi) is 4.53. The lowest BCUT2D eigenvalue weighted by Crippen LogP contribution is -2.07. The number of carbonyl (C=O) groups excluding carboxylic acids is 1. The van der Waals surface area contributed by atoms with Gasteiger partial charge in [-0.3, -0.25) is 0 Å². The minimum atomic E-state index is -0.418. The summed E-state index contributed by atoms with van der Waals surface area (Å²) in [6.07, 6.45) is 3.01. The van der Waals surface area contributed by atoms with Crippen molar-refractivity contribution in [3.05, 3.63) is 52.2 Å². The van der Waals surface area contributed by atoms with Crippen LogP contribution in [0.25, 0.3) is 6.08 Å². The first-order valence-electron chi connectivity index (χ1n) is 5.74. The highest BCUT2D eigenvalue weighted by atomic mass is 32.1. The van der Waals surface area contributed by atoms with Crippen LogP contribution in [0.5, 0.6) is 11.5 Å². The van der Waals surface area contributed by atoms with Gasteiger partial charge in [0.05, 0.1) is 13.2 Å². The maximum Gasteiger partial charge on any atom is 0.353 e. The third kappa shape index (κ3) is 3.25. The van der Waals surface area contributed by atoms with E-state index in [0.717, 1.165) is 5.56 Å². The summed E-state index contributed by atoms with van der Waals surface area (Å²) in [5.41, 5.74) is 0.791. The van der Waals surface area contributed by atoms with Crippen LogP contribution in [0.2, 0.25) is 0 Å². The average Bonchev–Trinajstić information content (AvgIpc) is 3.00. The molecule has 1 aromatic carbocycles. The number of methoxy groups -OCH3 is 1. The first kappa shape index (κ1) is 13.8. The number of esters is 1. The summed E-state index contributed by atoms with van der Waals surface area (Å²) in [6, 6.07) is 10.5. The molecule has 5 heteroatoms. The van der Waals surface area contributed by atoms with Crippen molar-refractivity contribution in [1.29, 1.82) is 5.26 Å². The SMILES string of the molecule is COc1cc(/C=C\C#N)ccc1OC(=O)c1cccs1. The number of hydrogen-bond donors (Lipinski definition) is 0. The quantitative estimate of drug-likeness (QED) is 0.490. The Labute approximate surface area is 120 Å². The van der Waals surface area contributed by atoms with Crippen LogP contribution in [-0.2, 0) is 0 Å². The zero-order chi connectivity index (χ0) is 14.4. The number of allylic oxidation sites excluding steroid dienone is 1. The molecule has 4 nitrogen and oxygen atoms in total. The summed E-state index contributed by atoms with van der Waals surface area (Å²) in [5.74, 6) is 0.369. The van der Waals surface area contributed by atoms with Gasteiger partial charge in [-0.05, 0) is 35.2 Å². The van der Waals surface area contributed by atoms with Gasteiger partial charge in [0, 0.05) is 6.08 Å². The summed E-state index contributed by atoms with van der Waals surface area (Å²) >= 11 is 1.32. The van der Waals surface area contributed by atoms with Gasteiger partial charge < -0.3 is 9.47 Å². The van der Waals surface area contributed by atoms with Crippen LogP contribution in [0.3, 0.4) is 0 Å². The second-order valence-electron chi connectivity index (χ2n) is 3.74. The van der Waals surface area contributed by atoms with Crippen molar-refractivity contribution in [2.24, 2.45) is 0 Å². The van der Waals surface area contributed by atoms with Gasteiger partial charge in [-0.15, -0.1) is 11.3 Å². The Morgan fingerprint density at radius 3 is 2.85 bits per heavy atom. The van der Waals surface area contributed by atoms with E-state index >= 15 is 0 Å². The van der Waals surface area contributed by atoms with Gasteiger partial charge in [-0.1, -0.05) is 12.1 Å².